The Morgan fingerprint density at radius 3 is 0.355 bits per heavy atom. The summed E-state index contributed by atoms with van der Waals surface area (Å²) in [5.74, 6) is 0. The van der Waals surface area contributed by atoms with E-state index in [1.54, 1.807) is 0 Å². The molecule has 0 unspecified atom stereocenters. The fourth-order valence-electron chi connectivity index (χ4n) is 4.50. The standard InChI is InChI=1S/3C7H21Si3.Nd/c3*1-8(2)7(9(3)4)10(5)6;/h3*8-10H,1-6H3;/q3*-1;+3/i3*8D,9D,10D;. The van der Waals surface area contributed by atoms with Gasteiger partial charge in [0.15, 0.2) is 0 Å². The molecular weight excluding hydrogens is 649 g/mol. The molecule has 0 aromatic heterocycles. The van der Waals surface area contributed by atoms with Gasteiger partial charge < -0.3 is 14.4 Å². The van der Waals surface area contributed by atoms with Gasteiger partial charge in [-0.25, -0.2) is 0 Å². The fraction of sp³-hybridized carbons (Fsp3) is 0.857. The van der Waals surface area contributed by atoms with E-state index in [-0.39, 0.29) is 40.8 Å². The summed E-state index contributed by atoms with van der Waals surface area (Å²) in [6, 6.07) is 0. The van der Waals surface area contributed by atoms with Gasteiger partial charge >= 0.3 is 40.8 Å². The minimum absolute atomic E-state index is 0. The molecule has 0 aliphatic heterocycles. The SMILES string of the molecule is [2H][Si](C)(C)[C-]([Si]([2H])(C)C)[Si]([2H])(C)C.[2H][Si](C)(C)[C-]([Si]([2H])(C)C)[Si]([2H])(C)C.[2H][Si](C)(C)[C-]([Si]([2H])(C)C)[Si]([2H])(C)C.[Nd+3]. The molecule has 31 heavy (non-hydrogen) atoms. The quantitative estimate of drug-likeness (QED) is 0.235. The summed E-state index contributed by atoms with van der Waals surface area (Å²) < 4.78 is 73.2. The van der Waals surface area contributed by atoms with Crippen LogP contribution in [0.25, 0.3) is 0 Å². The molecule has 0 atom stereocenters. The van der Waals surface area contributed by atoms with Gasteiger partial charge in [-0.3, -0.25) is 0 Å². The second kappa shape index (κ2) is 22.5. The van der Waals surface area contributed by atoms with Crippen LogP contribution in [0.5, 0.6) is 0 Å². The topological polar surface area (TPSA) is 0 Å². The van der Waals surface area contributed by atoms with E-state index in [2.05, 4.69) is 0 Å². The first-order valence-electron chi connectivity index (χ1n) is 15.8. The molecule has 0 heterocycles. The summed E-state index contributed by atoms with van der Waals surface area (Å²) in [5.41, 5.74) is 0. The maximum atomic E-state index is 8.13. The van der Waals surface area contributed by atoms with Crippen LogP contribution < -0.4 is 0 Å². The number of rotatable bonds is 9. The molecule has 0 rings (SSSR count). The van der Waals surface area contributed by atoms with E-state index >= 15 is 0 Å². The molecule has 0 aliphatic rings. The van der Waals surface area contributed by atoms with Crippen LogP contribution in [0, 0.1) is 55.2 Å². The van der Waals surface area contributed by atoms with Gasteiger partial charge in [-0.05, 0) is 11.1 Å². The molecule has 0 nitrogen and oxygen atoms in total. The Hall–Kier alpha value is 3.30. The Balaban J connectivity index is -0.000000240. The minimum atomic E-state index is -2.14. The summed E-state index contributed by atoms with van der Waals surface area (Å²) in [6.07, 6.45) is 0. The summed E-state index contributed by atoms with van der Waals surface area (Å²) in [5, 5.41) is 0. The molecule has 0 aromatic rings. The second-order valence-electron chi connectivity index (χ2n) is 10.1. The van der Waals surface area contributed by atoms with Crippen molar-refractivity contribution in [3.63, 3.8) is 0 Å². The monoisotopic (exact) mass is 718 g/mol. The van der Waals surface area contributed by atoms with Gasteiger partial charge in [0, 0.05) is 0 Å². The minimum Gasteiger partial charge on any atom is -0.319 e. The van der Waals surface area contributed by atoms with E-state index in [0.29, 0.717) is 0 Å². The van der Waals surface area contributed by atoms with E-state index in [9.17, 15) is 0 Å². The van der Waals surface area contributed by atoms with Crippen LogP contribution in [0.2, 0.25) is 118 Å². The summed E-state index contributed by atoms with van der Waals surface area (Å²) >= 11 is 0. The van der Waals surface area contributed by atoms with Crippen molar-refractivity contribution in [2.24, 2.45) is 0 Å². The molecule has 0 saturated carbocycles. The van der Waals surface area contributed by atoms with E-state index in [0.717, 1.165) is 14.4 Å². The Morgan fingerprint density at radius 1 is 0.290 bits per heavy atom. The van der Waals surface area contributed by atoms with Crippen molar-refractivity contribution < 1.29 is 40.8 Å². The zero-order valence-corrected chi connectivity index (χ0v) is 36.7. The molecular formula is C21H63NdSi9. The molecule has 0 fully saturated rings. The maximum absolute atomic E-state index is 8.13. The van der Waals surface area contributed by atoms with Crippen LogP contribution in [0.15, 0.2) is 0 Å². The fourth-order valence-corrected chi connectivity index (χ4v) is 40.5. The van der Waals surface area contributed by atoms with Crippen LogP contribution in [-0.4, -0.2) is 89.7 Å². The van der Waals surface area contributed by atoms with Crippen molar-refractivity contribution in [3.8, 4) is 0 Å². The smallest absolute Gasteiger partial charge is 0.319 e. The molecule has 0 bridgehead atoms. The predicted molar refractivity (Wildman–Crippen MR) is 180 cm³/mol. The Labute approximate surface area is 260 Å². The van der Waals surface area contributed by atoms with Crippen molar-refractivity contribution in [2.75, 3.05) is 0 Å². The third-order valence-electron chi connectivity index (χ3n) is 4.50. The van der Waals surface area contributed by atoms with Crippen LogP contribution >= 0.6 is 0 Å². The number of hydrogen-bond acceptors (Lipinski definition) is 0. The predicted octanol–water partition coefficient (Wildman–Crippen LogP) is 4.92. The Bertz CT molecular complexity index is 531. The van der Waals surface area contributed by atoms with Crippen LogP contribution in [0.3, 0.4) is 0 Å². The molecule has 0 N–H and O–H groups in total. The molecule has 187 valence electrons. The third kappa shape index (κ3) is 21.1. The molecule has 0 saturated heterocycles. The van der Waals surface area contributed by atoms with Gasteiger partial charge in [0.2, 0.25) is 0 Å². The van der Waals surface area contributed by atoms with Gasteiger partial charge in [0.25, 0.3) is 0 Å². The van der Waals surface area contributed by atoms with Crippen LogP contribution in [-0.2, 0) is 0 Å². The molecule has 0 amide bonds. The zero-order valence-electron chi connectivity index (χ0n) is 33.5. The Kier molecular flexibility index (Phi) is 17.9. The van der Waals surface area contributed by atoms with Crippen molar-refractivity contribution in [3.05, 3.63) is 14.4 Å². The average Bonchev–Trinajstić information content (AvgIpc) is 2.29. The van der Waals surface area contributed by atoms with Crippen molar-refractivity contribution in [1.29, 1.82) is 11.1 Å². The summed E-state index contributed by atoms with van der Waals surface area (Å²) in [7, 11) is -19.3. The molecule has 0 aromatic carbocycles. The van der Waals surface area contributed by atoms with Gasteiger partial charge in [0.1, 0.15) is 0 Å². The van der Waals surface area contributed by atoms with Crippen molar-refractivity contribution in [1.82, 2.24) is 0 Å². The van der Waals surface area contributed by atoms with E-state index in [1.807, 2.05) is 118 Å². The molecule has 1 radical (unpaired) electrons. The molecule has 0 spiro atoms. The first-order valence-corrected chi connectivity index (χ1v) is 33.8. The van der Waals surface area contributed by atoms with Crippen LogP contribution in [0.1, 0.15) is 0 Å². The molecule has 10 heteroatoms. The van der Waals surface area contributed by atoms with E-state index in [4.69, 9.17) is 11.1 Å². The van der Waals surface area contributed by atoms with Gasteiger partial charge in [-0.2, -0.15) is 0 Å². The normalized spacial score (nSPS) is 19.5. The maximum Gasteiger partial charge on any atom is 3.00 e. The van der Waals surface area contributed by atoms with Gasteiger partial charge in [-0.1, -0.05) is 118 Å². The van der Waals surface area contributed by atoms with Crippen LogP contribution in [0.4, 0.5) is 0 Å². The zero-order chi connectivity index (χ0) is 33.2. The first kappa shape index (κ1) is 24.6. The van der Waals surface area contributed by atoms with E-state index in [1.165, 1.54) is 0 Å². The van der Waals surface area contributed by atoms with Gasteiger partial charge in [0.05, 0.1) is 0 Å². The first-order chi connectivity index (χ1) is 16.1. The average molecular weight is 722 g/mol. The Morgan fingerprint density at radius 2 is 0.355 bits per heavy atom. The second-order valence-corrected chi connectivity index (χ2v) is 37.1. The van der Waals surface area contributed by atoms with Gasteiger partial charge in [-0.15, -0.1) is 78.6 Å². The van der Waals surface area contributed by atoms with Crippen molar-refractivity contribution >= 4 is 78.6 Å². The van der Waals surface area contributed by atoms with E-state index < -0.39 is 78.6 Å². The van der Waals surface area contributed by atoms with Crippen molar-refractivity contribution in [2.45, 2.75) is 118 Å². The molecule has 0 aliphatic carbocycles. The summed E-state index contributed by atoms with van der Waals surface area (Å²) in [6.45, 7) is 35.2. The largest absolute Gasteiger partial charge is 3.00 e. The number of hydrogen-bond donors (Lipinski definition) is 0. The third-order valence-corrected chi connectivity index (χ3v) is 40.5. The summed E-state index contributed by atoms with van der Waals surface area (Å²) in [4.78, 5) is 3.19.